The molecular formula is C16H12N4. The molecule has 0 bridgehead atoms. The lowest BCUT2D eigenvalue weighted by atomic mass is 10.1. The Balaban J connectivity index is 2.04. The molecule has 0 unspecified atom stereocenters. The maximum absolute atomic E-state index is 9.24. The summed E-state index contributed by atoms with van der Waals surface area (Å²) in [6.07, 6.45) is 0. The van der Waals surface area contributed by atoms with E-state index in [-0.39, 0.29) is 0 Å². The Hall–Kier alpha value is -3.06. The van der Waals surface area contributed by atoms with E-state index in [1.165, 1.54) is 0 Å². The van der Waals surface area contributed by atoms with Crippen LogP contribution in [0.2, 0.25) is 0 Å². The number of nitrogens with one attached hydrogen (secondary N) is 1. The zero-order valence-corrected chi connectivity index (χ0v) is 10.7. The van der Waals surface area contributed by atoms with E-state index in [2.05, 4.69) is 16.4 Å². The average molecular weight is 260 g/mol. The Morgan fingerprint density at radius 3 is 2.55 bits per heavy atom. The van der Waals surface area contributed by atoms with Gasteiger partial charge in [0.05, 0.1) is 17.1 Å². The summed E-state index contributed by atoms with van der Waals surface area (Å²) in [4.78, 5) is 4.51. The van der Waals surface area contributed by atoms with Gasteiger partial charge < -0.3 is 11.1 Å². The van der Waals surface area contributed by atoms with Crippen molar-refractivity contribution >= 4 is 28.1 Å². The first-order valence-electron chi connectivity index (χ1n) is 6.19. The molecule has 0 aliphatic rings. The van der Waals surface area contributed by atoms with Crippen LogP contribution < -0.4 is 11.1 Å². The number of nitrogens with zero attached hydrogens (tertiary/aromatic N) is 2. The third-order valence-corrected chi connectivity index (χ3v) is 3.02. The molecule has 1 heterocycles. The van der Waals surface area contributed by atoms with Gasteiger partial charge in [0, 0.05) is 16.8 Å². The zero-order chi connectivity index (χ0) is 13.9. The van der Waals surface area contributed by atoms with Gasteiger partial charge >= 0.3 is 0 Å². The highest BCUT2D eigenvalue weighted by Gasteiger charge is 2.05. The molecule has 0 fully saturated rings. The molecule has 2 aromatic carbocycles. The molecule has 3 N–H and O–H groups in total. The number of para-hydroxylation sites is 1. The van der Waals surface area contributed by atoms with Crippen molar-refractivity contribution in [3.8, 4) is 6.07 Å². The van der Waals surface area contributed by atoms with Gasteiger partial charge in [0.1, 0.15) is 5.82 Å². The Morgan fingerprint density at radius 2 is 1.80 bits per heavy atom. The minimum Gasteiger partial charge on any atom is -0.399 e. The van der Waals surface area contributed by atoms with Gasteiger partial charge in [-0.2, -0.15) is 5.26 Å². The molecule has 20 heavy (non-hydrogen) atoms. The molecule has 3 rings (SSSR count). The zero-order valence-electron chi connectivity index (χ0n) is 10.7. The highest BCUT2D eigenvalue weighted by molar-refractivity contribution is 5.86. The number of hydrogen-bond acceptors (Lipinski definition) is 4. The van der Waals surface area contributed by atoms with E-state index < -0.39 is 0 Å². The number of rotatable bonds is 2. The SMILES string of the molecule is N#Cc1cc(Nc2ccc(N)cc2)nc2ccccc12. The summed E-state index contributed by atoms with van der Waals surface area (Å²) in [6.45, 7) is 0. The Bertz CT molecular complexity index is 801. The molecule has 4 heteroatoms. The van der Waals surface area contributed by atoms with Crippen LogP contribution in [0.15, 0.2) is 54.6 Å². The summed E-state index contributed by atoms with van der Waals surface area (Å²) in [5, 5.41) is 13.3. The molecule has 1 aromatic heterocycles. The monoisotopic (exact) mass is 260 g/mol. The topological polar surface area (TPSA) is 74.7 Å². The first kappa shape index (κ1) is 12.0. The molecule has 96 valence electrons. The third-order valence-electron chi connectivity index (χ3n) is 3.02. The maximum atomic E-state index is 9.24. The van der Waals surface area contributed by atoms with Gasteiger partial charge in [-0.15, -0.1) is 0 Å². The molecule has 0 aliphatic heterocycles. The lowest BCUT2D eigenvalue weighted by molar-refractivity contribution is 1.36. The molecular weight excluding hydrogens is 248 g/mol. The Labute approximate surface area is 116 Å². The summed E-state index contributed by atoms with van der Waals surface area (Å²) >= 11 is 0. The van der Waals surface area contributed by atoms with Crippen molar-refractivity contribution in [1.82, 2.24) is 4.98 Å². The van der Waals surface area contributed by atoms with Crippen molar-refractivity contribution in [2.24, 2.45) is 0 Å². The lowest BCUT2D eigenvalue weighted by Crippen LogP contribution is -1.96. The van der Waals surface area contributed by atoms with Crippen molar-refractivity contribution in [3.63, 3.8) is 0 Å². The summed E-state index contributed by atoms with van der Waals surface area (Å²) < 4.78 is 0. The van der Waals surface area contributed by atoms with Gasteiger partial charge in [-0.3, -0.25) is 0 Å². The number of nitrogen functional groups attached to an aromatic ring is 1. The van der Waals surface area contributed by atoms with Gasteiger partial charge in [0.2, 0.25) is 0 Å². The molecule has 0 aliphatic carbocycles. The number of fused-ring (bicyclic) bond motifs is 1. The number of anilines is 3. The van der Waals surface area contributed by atoms with Crippen LogP contribution >= 0.6 is 0 Å². The largest absolute Gasteiger partial charge is 0.399 e. The molecule has 0 saturated carbocycles. The van der Waals surface area contributed by atoms with Crippen LogP contribution in [0.5, 0.6) is 0 Å². The molecule has 0 spiro atoms. The van der Waals surface area contributed by atoms with Crippen LogP contribution in [-0.4, -0.2) is 4.98 Å². The molecule has 0 amide bonds. The third kappa shape index (κ3) is 2.25. The summed E-state index contributed by atoms with van der Waals surface area (Å²) in [7, 11) is 0. The Kier molecular flexibility index (Phi) is 2.94. The van der Waals surface area contributed by atoms with E-state index in [4.69, 9.17) is 5.73 Å². The van der Waals surface area contributed by atoms with Crippen LogP contribution in [0.25, 0.3) is 10.9 Å². The second kappa shape index (κ2) is 4.90. The smallest absolute Gasteiger partial charge is 0.132 e. The van der Waals surface area contributed by atoms with Crippen molar-refractivity contribution in [3.05, 3.63) is 60.2 Å². The summed E-state index contributed by atoms with van der Waals surface area (Å²) in [5.74, 6) is 0.644. The van der Waals surface area contributed by atoms with Crippen molar-refractivity contribution in [2.45, 2.75) is 0 Å². The quantitative estimate of drug-likeness (QED) is 0.692. The van der Waals surface area contributed by atoms with Crippen molar-refractivity contribution in [1.29, 1.82) is 5.26 Å². The molecule has 3 aromatic rings. The van der Waals surface area contributed by atoms with Crippen molar-refractivity contribution in [2.75, 3.05) is 11.1 Å². The fourth-order valence-corrected chi connectivity index (χ4v) is 2.05. The minimum atomic E-state index is 0.605. The highest BCUT2D eigenvalue weighted by Crippen LogP contribution is 2.22. The minimum absolute atomic E-state index is 0.605. The van der Waals surface area contributed by atoms with Gasteiger partial charge in [-0.25, -0.2) is 4.98 Å². The number of pyridine rings is 1. The molecule has 0 radical (unpaired) electrons. The molecule has 4 nitrogen and oxygen atoms in total. The Morgan fingerprint density at radius 1 is 1.05 bits per heavy atom. The van der Waals surface area contributed by atoms with Gasteiger partial charge in [0.25, 0.3) is 0 Å². The normalized spacial score (nSPS) is 10.2. The van der Waals surface area contributed by atoms with E-state index in [9.17, 15) is 5.26 Å². The standard InChI is InChI=1S/C16H12N4/c17-10-11-9-16(19-13-7-5-12(18)6-8-13)20-15-4-2-1-3-14(11)15/h1-9H,18H2,(H,19,20). The summed E-state index contributed by atoms with van der Waals surface area (Å²) in [5.41, 5.74) is 8.64. The van der Waals surface area contributed by atoms with Crippen LogP contribution in [0.4, 0.5) is 17.2 Å². The average Bonchev–Trinajstić information content (AvgIpc) is 2.49. The van der Waals surface area contributed by atoms with Crippen molar-refractivity contribution < 1.29 is 0 Å². The predicted molar refractivity (Wildman–Crippen MR) is 80.6 cm³/mol. The summed E-state index contributed by atoms with van der Waals surface area (Å²) in [6, 6.07) is 18.9. The molecule has 0 saturated heterocycles. The van der Waals surface area contributed by atoms with Crippen LogP contribution in [0.3, 0.4) is 0 Å². The first-order valence-corrected chi connectivity index (χ1v) is 6.19. The van der Waals surface area contributed by atoms with E-state index in [1.54, 1.807) is 6.07 Å². The van der Waals surface area contributed by atoms with E-state index in [0.29, 0.717) is 17.1 Å². The predicted octanol–water partition coefficient (Wildman–Crippen LogP) is 3.43. The van der Waals surface area contributed by atoms with Gasteiger partial charge in [-0.1, -0.05) is 18.2 Å². The fraction of sp³-hybridized carbons (Fsp3) is 0. The van der Waals surface area contributed by atoms with Crippen LogP contribution in [0, 0.1) is 11.3 Å². The molecule has 0 atom stereocenters. The van der Waals surface area contributed by atoms with E-state index in [0.717, 1.165) is 16.6 Å². The maximum Gasteiger partial charge on any atom is 0.132 e. The number of aromatic nitrogens is 1. The number of benzene rings is 2. The van der Waals surface area contributed by atoms with E-state index in [1.807, 2.05) is 48.5 Å². The van der Waals surface area contributed by atoms with Crippen LogP contribution in [-0.2, 0) is 0 Å². The second-order valence-corrected chi connectivity index (χ2v) is 4.43. The van der Waals surface area contributed by atoms with Crippen LogP contribution in [0.1, 0.15) is 5.56 Å². The second-order valence-electron chi connectivity index (χ2n) is 4.43. The number of hydrogen-bond donors (Lipinski definition) is 2. The number of nitrogens with two attached hydrogens (primary N) is 1. The van der Waals surface area contributed by atoms with E-state index >= 15 is 0 Å². The number of nitriles is 1. The van der Waals surface area contributed by atoms with Gasteiger partial charge in [0.15, 0.2) is 0 Å². The highest BCUT2D eigenvalue weighted by atomic mass is 15.0. The van der Waals surface area contributed by atoms with Gasteiger partial charge in [-0.05, 0) is 36.4 Å². The lowest BCUT2D eigenvalue weighted by Gasteiger charge is -2.08. The fourth-order valence-electron chi connectivity index (χ4n) is 2.05. The first-order chi connectivity index (χ1) is 9.76.